The Hall–Kier alpha value is -4.39. The smallest absolute Gasteiger partial charge is 0.408 e. The van der Waals surface area contributed by atoms with Crippen molar-refractivity contribution in [2.45, 2.75) is 26.1 Å². The number of carbonyl (C=O) groups excluding carboxylic acids is 2. The summed E-state index contributed by atoms with van der Waals surface area (Å²) in [4.78, 5) is 25.7. The summed E-state index contributed by atoms with van der Waals surface area (Å²) in [6.07, 6.45) is -3.64. The predicted molar refractivity (Wildman–Crippen MR) is 151 cm³/mol. The summed E-state index contributed by atoms with van der Waals surface area (Å²) in [5.41, 5.74) is 1.27. The van der Waals surface area contributed by atoms with Crippen LogP contribution in [0.1, 0.15) is 34.6 Å². The minimum Gasteiger partial charge on any atom is -0.455 e. The van der Waals surface area contributed by atoms with Crippen LogP contribution >= 0.6 is 0 Å². The van der Waals surface area contributed by atoms with Crippen molar-refractivity contribution in [3.05, 3.63) is 77.6 Å². The van der Waals surface area contributed by atoms with Gasteiger partial charge in [0.25, 0.3) is 11.8 Å². The zero-order valence-corrected chi connectivity index (χ0v) is 23.8. The third-order valence-corrected chi connectivity index (χ3v) is 7.85. The fourth-order valence-corrected chi connectivity index (χ4v) is 5.48. The Morgan fingerprint density at radius 2 is 1.67 bits per heavy atom. The molecule has 0 spiro atoms. The molecule has 222 valence electrons. The molecule has 0 unspecified atom stereocenters. The maximum atomic E-state index is 13.6. The highest BCUT2D eigenvalue weighted by Crippen LogP contribution is 2.41. The predicted octanol–water partition coefficient (Wildman–Crippen LogP) is 5.73. The maximum absolute atomic E-state index is 13.6. The van der Waals surface area contributed by atoms with Crippen molar-refractivity contribution in [3.63, 3.8) is 0 Å². The van der Waals surface area contributed by atoms with E-state index in [9.17, 15) is 35.6 Å². The first kappa shape index (κ1) is 30.6. The van der Waals surface area contributed by atoms with Crippen LogP contribution in [0, 0.1) is 5.82 Å². The lowest BCUT2D eigenvalue weighted by atomic mass is 9.97. The minimum absolute atomic E-state index is 0.00838. The van der Waals surface area contributed by atoms with E-state index < -0.39 is 39.9 Å². The Labute approximate surface area is 239 Å². The van der Waals surface area contributed by atoms with E-state index in [2.05, 4.69) is 5.32 Å². The number of rotatable bonds is 8. The van der Waals surface area contributed by atoms with E-state index in [1.807, 2.05) is 5.32 Å². The van der Waals surface area contributed by atoms with Crippen LogP contribution in [0.4, 0.5) is 23.2 Å². The zero-order valence-electron chi connectivity index (χ0n) is 23.0. The number of hydrogen-bond donors (Lipinski definition) is 2. The second kappa shape index (κ2) is 11.5. The number of halogens is 4. The first-order chi connectivity index (χ1) is 19.6. The first-order valence-electron chi connectivity index (χ1n) is 12.7. The van der Waals surface area contributed by atoms with Crippen molar-refractivity contribution in [1.82, 2.24) is 10.6 Å². The van der Waals surface area contributed by atoms with Gasteiger partial charge in [-0.05, 0) is 61.9 Å². The van der Waals surface area contributed by atoms with Crippen LogP contribution < -0.4 is 14.9 Å². The van der Waals surface area contributed by atoms with Gasteiger partial charge in [0, 0.05) is 41.7 Å². The molecule has 2 N–H and O–H groups in total. The summed E-state index contributed by atoms with van der Waals surface area (Å²) < 4.78 is 85.5. The van der Waals surface area contributed by atoms with Crippen molar-refractivity contribution < 1.29 is 40.0 Å². The summed E-state index contributed by atoms with van der Waals surface area (Å²) in [6.45, 7) is 2.44. The Bertz CT molecular complexity index is 1770. The first-order valence-corrected chi connectivity index (χ1v) is 14.5. The van der Waals surface area contributed by atoms with E-state index in [1.165, 1.54) is 61.6 Å². The van der Waals surface area contributed by atoms with Gasteiger partial charge in [-0.25, -0.2) is 12.8 Å². The van der Waals surface area contributed by atoms with E-state index in [1.54, 1.807) is 13.0 Å². The van der Waals surface area contributed by atoms with Crippen molar-refractivity contribution in [3.8, 4) is 22.5 Å². The van der Waals surface area contributed by atoms with Crippen molar-refractivity contribution in [2.24, 2.45) is 0 Å². The van der Waals surface area contributed by atoms with Crippen LogP contribution in [-0.4, -0.2) is 52.3 Å². The molecule has 1 aromatic heterocycles. The molecular formula is C29H27F4N3O5S. The van der Waals surface area contributed by atoms with Gasteiger partial charge < -0.3 is 15.1 Å². The summed E-state index contributed by atoms with van der Waals surface area (Å²) >= 11 is 0. The van der Waals surface area contributed by atoms with E-state index in [0.717, 1.165) is 17.5 Å². The average molecular weight is 606 g/mol. The van der Waals surface area contributed by atoms with Gasteiger partial charge in [0.2, 0.25) is 10.0 Å². The number of amides is 2. The molecule has 0 saturated carbocycles. The second-order valence-corrected chi connectivity index (χ2v) is 11.4. The van der Waals surface area contributed by atoms with Crippen LogP contribution in [0.5, 0.6) is 0 Å². The van der Waals surface area contributed by atoms with Crippen LogP contribution in [0.25, 0.3) is 33.4 Å². The summed E-state index contributed by atoms with van der Waals surface area (Å²) in [6, 6.07) is 11.8. The largest absolute Gasteiger partial charge is 0.455 e. The van der Waals surface area contributed by atoms with Crippen molar-refractivity contribution in [1.29, 1.82) is 0 Å². The average Bonchev–Trinajstić information content (AvgIpc) is 3.30. The fraction of sp³-hybridized carbons (Fsp3) is 0.241. The van der Waals surface area contributed by atoms with Gasteiger partial charge in [-0.15, -0.1) is 0 Å². The number of furan rings is 1. The highest BCUT2D eigenvalue weighted by atomic mass is 32.2. The molecule has 4 aromatic rings. The summed E-state index contributed by atoms with van der Waals surface area (Å²) in [5.74, 6) is -1.89. The SMILES string of the molecule is CCN(c1cc2oc(-c3ccc(F)cc3)c(C(=O)NC)c2cc1-c1cccc(C(=O)N[C@@H](C)C(F)(F)F)c1)S(C)(=O)=O. The number of benzene rings is 3. The number of hydrogen-bond acceptors (Lipinski definition) is 5. The van der Waals surface area contributed by atoms with Crippen LogP contribution in [0.2, 0.25) is 0 Å². The molecule has 13 heteroatoms. The fourth-order valence-electron chi connectivity index (χ4n) is 4.50. The maximum Gasteiger partial charge on any atom is 0.408 e. The molecule has 3 aromatic carbocycles. The molecule has 1 atom stereocenters. The highest BCUT2D eigenvalue weighted by Gasteiger charge is 2.37. The van der Waals surface area contributed by atoms with Gasteiger partial charge in [-0.1, -0.05) is 12.1 Å². The van der Waals surface area contributed by atoms with Gasteiger partial charge in [0.05, 0.1) is 17.5 Å². The lowest BCUT2D eigenvalue weighted by Gasteiger charge is -2.24. The third kappa shape index (κ3) is 6.10. The number of anilines is 1. The van der Waals surface area contributed by atoms with Crippen molar-refractivity contribution in [2.75, 3.05) is 24.2 Å². The number of nitrogens with one attached hydrogen (secondary N) is 2. The van der Waals surface area contributed by atoms with Gasteiger partial charge in [-0.3, -0.25) is 13.9 Å². The molecule has 0 aliphatic carbocycles. The zero-order chi connectivity index (χ0) is 31.0. The third-order valence-electron chi connectivity index (χ3n) is 6.60. The lowest BCUT2D eigenvalue weighted by molar-refractivity contribution is -0.149. The van der Waals surface area contributed by atoms with Crippen LogP contribution in [0.3, 0.4) is 0 Å². The van der Waals surface area contributed by atoms with E-state index in [0.29, 0.717) is 11.1 Å². The van der Waals surface area contributed by atoms with E-state index >= 15 is 0 Å². The number of sulfonamides is 1. The molecule has 8 nitrogen and oxygen atoms in total. The molecule has 42 heavy (non-hydrogen) atoms. The van der Waals surface area contributed by atoms with Gasteiger partial charge in [0.15, 0.2) is 0 Å². The molecule has 0 aliphatic heterocycles. The Morgan fingerprint density at radius 1 is 1.00 bits per heavy atom. The Morgan fingerprint density at radius 3 is 2.24 bits per heavy atom. The van der Waals surface area contributed by atoms with E-state index in [-0.39, 0.29) is 45.7 Å². The quantitative estimate of drug-likeness (QED) is 0.250. The molecule has 0 aliphatic rings. The number of alkyl halides is 3. The summed E-state index contributed by atoms with van der Waals surface area (Å²) in [7, 11) is -2.43. The molecule has 0 fully saturated rings. The molecule has 2 amide bonds. The standard InChI is InChI=1S/C29H27F4N3O5S/c1-5-36(42(4,39)40)23-15-24-22(25(28(38)34-3)26(41-24)17-9-11-20(30)12-10-17)14-21(23)18-7-6-8-19(13-18)27(37)35-16(2)29(31,32)33/h6-16H,5H2,1-4H3,(H,34,38)(H,35,37)/t16-/m0/s1. The molecular weight excluding hydrogens is 578 g/mol. The van der Waals surface area contributed by atoms with Crippen LogP contribution in [-0.2, 0) is 10.0 Å². The topological polar surface area (TPSA) is 109 Å². The number of fused-ring (bicyclic) bond motifs is 1. The monoisotopic (exact) mass is 605 g/mol. The molecule has 4 rings (SSSR count). The minimum atomic E-state index is -4.65. The van der Waals surface area contributed by atoms with Crippen molar-refractivity contribution >= 4 is 38.5 Å². The number of carbonyl (C=O) groups is 2. The number of nitrogens with zero attached hydrogens (tertiary/aromatic N) is 1. The Balaban J connectivity index is 1.99. The molecule has 0 bridgehead atoms. The molecule has 0 saturated heterocycles. The Kier molecular flexibility index (Phi) is 8.35. The normalized spacial score (nSPS) is 12.7. The molecule has 0 radical (unpaired) electrons. The van der Waals surface area contributed by atoms with Gasteiger partial charge in [-0.2, -0.15) is 13.2 Å². The van der Waals surface area contributed by atoms with Gasteiger partial charge in [0.1, 0.15) is 23.2 Å². The van der Waals surface area contributed by atoms with E-state index in [4.69, 9.17) is 4.42 Å². The molecule has 1 heterocycles. The van der Waals surface area contributed by atoms with Crippen LogP contribution in [0.15, 0.2) is 65.1 Å². The summed E-state index contributed by atoms with van der Waals surface area (Å²) in [5, 5.41) is 4.74. The highest BCUT2D eigenvalue weighted by molar-refractivity contribution is 7.92. The van der Waals surface area contributed by atoms with Gasteiger partial charge >= 0.3 is 6.18 Å². The second-order valence-electron chi connectivity index (χ2n) is 9.50. The lowest BCUT2D eigenvalue weighted by Crippen LogP contribution is -2.43.